The summed E-state index contributed by atoms with van der Waals surface area (Å²) in [4.78, 5) is 37.3. The van der Waals surface area contributed by atoms with E-state index in [1.54, 1.807) is 4.90 Å². The van der Waals surface area contributed by atoms with Gasteiger partial charge in [0, 0.05) is 46.0 Å². The zero-order chi connectivity index (χ0) is 27.6. The molecule has 0 aromatic rings. The molecule has 3 amide bonds. The molecule has 1 fully saturated rings. The monoisotopic (exact) mass is 533 g/mol. The van der Waals surface area contributed by atoms with Crippen LogP contribution in [0.1, 0.15) is 71.6 Å². The number of carbonyl (C=O) groups is 3. The van der Waals surface area contributed by atoms with Crippen LogP contribution in [-0.2, 0) is 23.9 Å². The number of ether oxygens (including phenoxy) is 2. The van der Waals surface area contributed by atoms with Crippen LogP contribution < -0.4 is 10.6 Å². The minimum absolute atomic E-state index is 0.0288. The maximum absolute atomic E-state index is 12.1. The van der Waals surface area contributed by atoms with Crippen LogP contribution in [0.15, 0.2) is 0 Å². The number of aliphatic hydroxyl groups excluding tert-OH is 4. The van der Waals surface area contributed by atoms with E-state index in [9.17, 15) is 29.7 Å². The van der Waals surface area contributed by atoms with Crippen LogP contribution in [0.4, 0.5) is 0 Å². The average Bonchev–Trinajstić information content (AvgIpc) is 2.86. The molecule has 5 unspecified atom stereocenters. The molecule has 1 heterocycles. The Balaban J connectivity index is 2.15. The molecule has 1 aliphatic heterocycles. The highest BCUT2D eigenvalue weighted by Gasteiger charge is 2.45. The van der Waals surface area contributed by atoms with Gasteiger partial charge >= 0.3 is 0 Å². The van der Waals surface area contributed by atoms with Gasteiger partial charge in [0.05, 0.1) is 13.2 Å². The lowest BCUT2D eigenvalue weighted by Gasteiger charge is -2.42. The minimum atomic E-state index is -1.35. The van der Waals surface area contributed by atoms with Gasteiger partial charge in [-0.25, -0.2) is 0 Å². The molecule has 0 aromatic carbocycles. The lowest BCUT2D eigenvalue weighted by atomic mass is 9.97. The SMILES string of the molecule is CCCN(CCO)C(=O)CCCCCNC(=O)CCCCCOC1OC(CO)C(O)C(O)C1NC(C)=O. The first kappa shape index (κ1) is 33.2. The fourth-order valence-electron chi connectivity index (χ4n) is 4.18. The Bertz CT molecular complexity index is 661. The van der Waals surface area contributed by atoms with Gasteiger partial charge in [0.1, 0.15) is 24.4 Å². The molecule has 1 rings (SSSR count). The van der Waals surface area contributed by atoms with Crippen molar-refractivity contribution in [2.75, 3.05) is 39.5 Å². The molecule has 5 atom stereocenters. The second kappa shape index (κ2) is 19.3. The summed E-state index contributed by atoms with van der Waals surface area (Å²) in [6.07, 6.45) is 1.39. The first-order valence-corrected chi connectivity index (χ1v) is 13.4. The number of nitrogens with zero attached hydrogens (tertiary/aromatic N) is 1. The van der Waals surface area contributed by atoms with E-state index in [2.05, 4.69) is 10.6 Å². The van der Waals surface area contributed by atoms with E-state index in [-0.39, 0.29) is 25.0 Å². The molecule has 0 radical (unpaired) electrons. The molecule has 0 spiro atoms. The third-order valence-corrected chi connectivity index (χ3v) is 6.19. The van der Waals surface area contributed by atoms with Gasteiger partial charge in [-0.2, -0.15) is 0 Å². The minimum Gasteiger partial charge on any atom is -0.395 e. The Morgan fingerprint density at radius 3 is 2.30 bits per heavy atom. The predicted octanol–water partition coefficient (Wildman–Crippen LogP) is -0.585. The Kier molecular flexibility index (Phi) is 17.3. The van der Waals surface area contributed by atoms with Crippen molar-refractivity contribution in [1.29, 1.82) is 0 Å². The summed E-state index contributed by atoms with van der Waals surface area (Å²) < 4.78 is 11.2. The predicted molar refractivity (Wildman–Crippen MR) is 135 cm³/mol. The van der Waals surface area contributed by atoms with Gasteiger partial charge < -0.3 is 45.4 Å². The highest BCUT2D eigenvalue weighted by Crippen LogP contribution is 2.22. The average molecular weight is 534 g/mol. The topological polar surface area (TPSA) is 178 Å². The number of hydrogen-bond acceptors (Lipinski definition) is 9. The van der Waals surface area contributed by atoms with E-state index in [0.29, 0.717) is 45.3 Å². The number of aliphatic hydroxyl groups is 4. The maximum atomic E-state index is 12.1. The van der Waals surface area contributed by atoms with Crippen LogP contribution in [0.5, 0.6) is 0 Å². The van der Waals surface area contributed by atoms with Crippen LogP contribution in [0.25, 0.3) is 0 Å². The number of hydrogen-bond donors (Lipinski definition) is 6. The second-order valence-electron chi connectivity index (χ2n) is 9.38. The van der Waals surface area contributed by atoms with Crippen molar-refractivity contribution in [2.24, 2.45) is 0 Å². The third kappa shape index (κ3) is 13.0. The van der Waals surface area contributed by atoms with E-state index >= 15 is 0 Å². The van der Waals surface area contributed by atoms with Crippen LogP contribution in [0.3, 0.4) is 0 Å². The van der Waals surface area contributed by atoms with Gasteiger partial charge in [-0.3, -0.25) is 14.4 Å². The molecule has 0 saturated carbocycles. The lowest BCUT2D eigenvalue weighted by Crippen LogP contribution is -2.64. The van der Waals surface area contributed by atoms with Crippen molar-refractivity contribution in [2.45, 2.75) is 102 Å². The molecule has 0 aliphatic carbocycles. The summed E-state index contributed by atoms with van der Waals surface area (Å²) in [5.74, 6) is -0.378. The molecule has 1 aliphatic rings. The standard InChI is InChI=1S/C25H47N3O9/c1-3-13-28(14-15-29)21(33)11-7-4-8-12-26-20(32)10-6-5-9-16-36-25-22(27-18(2)31)24(35)23(34)19(17-30)37-25/h19,22-25,29-30,34-35H,3-17H2,1-2H3,(H,26,32)(H,27,31). The molecule has 216 valence electrons. The van der Waals surface area contributed by atoms with Crippen LogP contribution in [-0.4, -0.2) is 113 Å². The first-order chi connectivity index (χ1) is 17.7. The number of nitrogens with one attached hydrogen (secondary N) is 2. The van der Waals surface area contributed by atoms with Gasteiger partial charge in [0.15, 0.2) is 6.29 Å². The molecule has 12 heteroatoms. The van der Waals surface area contributed by atoms with E-state index in [1.165, 1.54) is 6.92 Å². The van der Waals surface area contributed by atoms with Gasteiger partial charge in [-0.1, -0.05) is 19.8 Å². The number of amides is 3. The molecular weight excluding hydrogens is 486 g/mol. The van der Waals surface area contributed by atoms with Gasteiger partial charge in [0.25, 0.3) is 0 Å². The molecule has 6 N–H and O–H groups in total. The molecule has 1 saturated heterocycles. The molecular formula is C25H47N3O9. The fraction of sp³-hybridized carbons (Fsp3) is 0.880. The van der Waals surface area contributed by atoms with Crippen LogP contribution >= 0.6 is 0 Å². The summed E-state index contributed by atoms with van der Waals surface area (Å²) >= 11 is 0. The van der Waals surface area contributed by atoms with E-state index in [4.69, 9.17) is 14.6 Å². The maximum Gasteiger partial charge on any atom is 0.222 e. The van der Waals surface area contributed by atoms with Crippen molar-refractivity contribution < 1.29 is 44.3 Å². The Labute approximate surface area is 219 Å². The van der Waals surface area contributed by atoms with Gasteiger partial charge in [0.2, 0.25) is 17.7 Å². The van der Waals surface area contributed by atoms with E-state index in [1.807, 2.05) is 6.92 Å². The summed E-state index contributed by atoms with van der Waals surface area (Å²) in [6, 6.07) is -0.963. The van der Waals surface area contributed by atoms with Crippen molar-refractivity contribution in [3.63, 3.8) is 0 Å². The fourth-order valence-corrected chi connectivity index (χ4v) is 4.18. The normalized spacial score (nSPS) is 23.5. The molecule has 37 heavy (non-hydrogen) atoms. The van der Waals surface area contributed by atoms with Crippen LogP contribution in [0, 0.1) is 0 Å². The summed E-state index contributed by atoms with van der Waals surface area (Å²) in [5, 5.41) is 44.1. The largest absolute Gasteiger partial charge is 0.395 e. The molecule has 0 aromatic heterocycles. The Morgan fingerprint density at radius 2 is 1.65 bits per heavy atom. The number of unbranched alkanes of at least 4 members (excludes halogenated alkanes) is 4. The van der Waals surface area contributed by atoms with Crippen molar-refractivity contribution in [3.05, 3.63) is 0 Å². The highest BCUT2D eigenvalue weighted by molar-refractivity contribution is 5.76. The highest BCUT2D eigenvalue weighted by atomic mass is 16.7. The summed E-state index contributed by atoms with van der Waals surface area (Å²) in [6.45, 7) is 4.60. The quantitative estimate of drug-likeness (QED) is 0.118. The van der Waals surface area contributed by atoms with Gasteiger partial charge in [-0.15, -0.1) is 0 Å². The lowest BCUT2D eigenvalue weighted by molar-refractivity contribution is -0.270. The Hall–Kier alpha value is -1.83. The van der Waals surface area contributed by atoms with Crippen molar-refractivity contribution in [1.82, 2.24) is 15.5 Å². The van der Waals surface area contributed by atoms with E-state index in [0.717, 1.165) is 32.1 Å². The second-order valence-corrected chi connectivity index (χ2v) is 9.38. The molecule has 0 bridgehead atoms. The van der Waals surface area contributed by atoms with Crippen molar-refractivity contribution >= 4 is 17.7 Å². The third-order valence-electron chi connectivity index (χ3n) is 6.19. The summed E-state index contributed by atoms with van der Waals surface area (Å²) in [7, 11) is 0. The summed E-state index contributed by atoms with van der Waals surface area (Å²) in [5.41, 5.74) is 0. The first-order valence-electron chi connectivity index (χ1n) is 13.4. The Morgan fingerprint density at radius 1 is 0.946 bits per heavy atom. The molecule has 12 nitrogen and oxygen atoms in total. The zero-order valence-electron chi connectivity index (χ0n) is 22.3. The smallest absolute Gasteiger partial charge is 0.222 e. The van der Waals surface area contributed by atoms with Gasteiger partial charge in [-0.05, 0) is 32.1 Å². The number of rotatable bonds is 19. The van der Waals surface area contributed by atoms with E-state index < -0.39 is 43.2 Å². The van der Waals surface area contributed by atoms with Crippen molar-refractivity contribution in [3.8, 4) is 0 Å². The number of carbonyl (C=O) groups excluding carboxylic acids is 3. The van der Waals surface area contributed by atoms with Crippen LogP contribution in [0.2, 0.25) is 0 Å². The zero-order valence-corrected chi connectivity index (χ0v) is 22.3.